The Hall–Kier alpha value is -1.49. The summed E-state index contributed by atoms with van der Waals surface area (Å²) in [5, 5.41) is 0. The van der Waals surface area contributed by atoms with Crippen LogP contribution in [0.1, 0.15) is 5.56 Å². The minimum Gasteiger partial charge on any atom is -0.395 e. The van der Waals surface area contributed by atoms with Crippen LogP contribution in [-0.2, 0) is 0 Å². The molecule has 0 spiro atoms. The van der Waals surface area contributed by atoms with Crippen LogP contribution in [0.2, 0.25) is 0 Å². The lowest BCUT2D eigenvalue weighted by Gasteiger charge is -2.06. The molecule has 0 saturated heterocycles. The molecular formula is C6H11N5. The van der Waals surface area contributed by atoms with Crippen LogP contribution in [0.4, 0.5) is 17.3 Å². The summed E-state index contributed by atoms with van der Waals surface area (Å²) >= 11 is 0. The van der Waals surface area contributed by atoms with E-state index in [1.54, 1.807) is 6.07 Å². The number of nitrogens with one attached hydrogen (secondary N) is 1. The van der Waals surface area contributed by atoms with Gasteiger partial charge in [0.1, 0.15) is 5.82 Å². The predicted molar refractivity (Wildman–Crippen MR) is 45.6 cm³/mol. The molecule has 0 aliphatic carbocycles. The third kappa shape index (κ3) is 1.32. The molecule has 0 atom stereocenters. The van der Waals surface area contributed by atoms with Gasteiger partial charge in [0.05, 0.1) is 5.69 Å². The Labute approximate surface area is 64.6 Å². The van der Waals surface area contributed by atoms with Crippen LogP contribution in [0.25, 0.3) is 0 Å². The highest BCUT2D eigenvalue weighted by atomic mass is 15.3. The SMILES string of the molecule is Cc1cc(N)nc(NN)c1N. The van der Waals surface area contributed by atoms with Crippen LogP contribution in [-0.4, -0.2) is 4.98 Å². The minimum atomic E-state index is 0.407. The van der Waals surface area contributed by atoms with Crippen LogP contribution >= 0.6 is 0 Å². The lowest BCUT2D eigenvalue weighted by Crippen LogP contribution is -2.12. The highest BCUT2D eigenvalue weighted by Crippen LogP contribution is 2.20. The number of hydrogen-bond donors (Lipinski definition) is 4. The zero-order valence-corrected chi connectivity index (χ0v) is 6.26. The monoisotopic (exact) mass is 153 g/mol. The number of aryl methyl sites for hydroxylation is 1. The third-order valence-corrected chi connectivity index (χ3v) is 1.42. The van der Waals surface area contributed by atoms with E-state index in [9.17, 15) is 0 Å². The zero-order chi connectivity index (χ0) is 8.43. The molecule has 0 amide bonds. The van der Waals surface area contributed by atoms with Crippen molar-refractivity contribution in [2.24, 2.45) is 5.84 Å². The highest BCUT2D eigenvalue weighted by Gasteiger charge is 2.02. The van der Waals surface area contributed by atoms with Crippen LogP contribution in [0, 0.1) is 6.92 Å². The molecule has 0 bridgehead atoms. The first kappa shape index (κ1) is 7.62. The van der Waals surface area contributed by atoms with Gasteiger partial charge >= 0.3 is 0 Å². The molecule has 5 heteroatoms. The summed E-state index contributed by atoms with van der Waals surface area (Å²) in [7, 11) is 0. The first-order valence-corrected chi connectivity index (χ1v) is 3.14. The summed E-state index contributed by atoms with van der Waals surface area (Å²) in [5.41, 5.74) is 14.8. The Balaban J connectivity index is 3.24. The van der Waals surface area contributed by atoms with Gasteiger partial charge in [0.2, 0.25) is 0 Å². The average molecular weight is 153 g/mol. The number of hydrogen-bond acceptors (Lipinski definition) is 5. The van der Waals surface area contributed by atoms with Crippen molar-refractivity contribution in [1.29, 1.82) is 0 Å². The number of nitrogen functional groups attached to an aromatic ring is 3. The summed E-state index contributed by atoms with van der Waals surface area (Å²) < 4.78 is 0. The van der Waals surface area contributed by atoms with E-state index in [0.29, 0.717) is 17.3 Å². The summed E-state index contributed by atoms with van der Waals surface area (Å²) in [6.07, 6.45) is 0. The van der Waals surface area contributed by atoms with Crippen molar-refractivity contribution in [2.75, 3.05) is 16.9 Å². The van der Waals surface area contributed by atoms with Crippen LogP contribution in [0.5, 0.6) is 0 Å². The molecule has 7 N–H and O–H groups in total. The summed E-state index contributed by atoms with van der Waals surface area (Å²) in [4.78, 5) is 3.87. The van der Waals surface area contributed by atoms with Crippen molar-refractivity contribution >= 4 is 17.3 Å². The summed E-state index contributed by atoms with van der Waals surface area (Å²) in [5.74, 6) is 5.97. The average Bonchev–Trinajstić information content (AvgIpc) is 1.96. The lowest BCUT2D eigenvalue weighted by atomic mass is 10.2. The molecule has 1 aromatic heterocycles. The van der Waals surface area contributed by atoms with Crippen molar-refractivity contribution in [2.45, 2.75) is 6.92 Å². The maximum absolute atomic E-state index is 5.60. The summed E-state index contributed by atoms with van der Waals surface area (Å²) in [6, 6.07) is 1.69. The van der Waals surface area contributed by atoms with Gasteiger partial charge in [-0.2, -0.15) is 0 Å². The quantitative estimate of drug-likeness (QED) is 0.331. The van der Waals surface area contributed by atoms with Crippen LogP contribution in [0.15, 0.2) is 6.07 Å². The van der Waals surface area contributed by atoms with E-state index in [4.69, 9.17) is 17.3 Å². The van der Waals surface area contributed by atoms with E-state index in [0.717, 1.165) is 5.56 Å². The Morgan fingerprint density at radius 3 is 2.64 bits per heavy atom. The number of anilines is 3. The number of rotatable bonds is 1. The maximum Gasteiger partial charge on any atom is 0.165 e. The van der Waals surface area contributed by atoms with Crippen molar-refractivity contribution in [3.05, 3.63) is 11.6 Å². The number of pyridine rings is 1. The smallest absolute Gasteiger partial charge is 0.165 e. The van der Waals surface area contributed by atoms with E-state index >= 15 is 0 Å². The van der Waals surface area contributed by atoms with Crippen molar-refractivity contribution in [1.82, 2.24) is 4.98 Å². The second-order valence-corrected chi connectivity index (χ2v) is 2.27. The van der Waals surface area contributed by atoms with Crippen LogP contribution in [0.3, 0.4) is 0 Å². The van der Waals surface area contributed by atoms with E-state index in [1.165, 1.54) is 0 Å². The van der Waals surface area contributed by atoms with Gasteiger partial charge in [0.15, 0.2) is 5.82 Å². The van der Waals surface area contributed by atoms with Gasteiger partial charge in [-0.3, -0.25) is 0 Å². The van der Waals surface area contributed by atoms with E-state index in [1.807, 2.05) is 6.92 Å². The first-order chi connectivity index (χ1) is 5.15. The second-order valence-electron chi connectivity index (χ2n) is 2.27. The molecule has 5 nitrogen and oxygen atoms in total. The van der Waals surface area contributed by atoms with Gasteiger partial charge in [-0.1, -0.05) is 0 Å². The predicted octanol–water partition coefficient (Wildman–Crippen LogP) is -0.160. The van der Waals surface area contributed by atoms with E-state index in [2.05, 4.69) is 10.4 Å². The molecule has 11 heavy (non-hydrogen) atoms. The molecule has 1 heterocycles. The molecular weight excluding hydrogens is 142 g/mol. The highest BCUT2D eigenvalue weighted by molar-refractivity contribution is 5.67. The van der Waals surface area contributed by atoms with Gasteiger partial charge in [0, 0.05) is 0 Å². The van der Waals surface area contributed by atoms with Gasteiger partial charge in [0.25, 0.3) is 0 Å². The molecule has 0 aliphatic heterocycles. The van der Waals surface area contributed by atoms with Crippen molar-refractivity contribution in [3.8, 4) is 0 Å². The Kier molecular flexibility index (Phi) is 1.82. The van der Waals surface area contributed by atoms with Gasteiger partial charge in [-0.05, 0) is 18.6 Å². The van der Waals surface area contributed by atoms with Crippen molar-refractivity contribution in [3.63, 3.8) is 0 Å². The minimum absolute atomic E-state index is 0.407. The zero-order valence-electron chi connectivity index (χ0n) is 6.26. The van der Waals surface area contributed by atoms with E-state index in [-0.39, 0.29) is 0 Å². The molecule has 0 fully saturated rings. The van der Waals surface area contributed by atoms with Gasteiger partial charge in [-0.15, -0.1) is 0 Å². The fourth-order valence-corrected chi connectivity index (χ4v) is 0.818. The summed E-state index contributed by atoms with van der Waals surface area (Å²) in [6.45, 7) is 1.84. The van der Waals surface area contributed by atoms with Gasteiger partial charge in [-0.25, -0.2) is 10.8 Å². The Morgan fingerprint density at radius 1 is 1.45 bits per heavy atom. The lowest BCUT2D eigenvalue weighted by molar-refractivity contribution is 1.22. The standard InChI is InChI=1S/C6H11N5/c1-3-2-4(7)10-6(11-9)5(3)8/h2H,8-9H2,1H3,(H3,7,10,11). The molecule has 0 aromatic carbocycles. The molecule has 1 rings (SSSR count). The Morgan fingerprint density at radius 2 is 2.09 bits per heavy atom. The number of nitrogens with zero attached hydrogens (tertiary/aromatic N) is 1. The fourth-order valence-electron chi connectivity index (χ4n) is 0.818. The molecule has 0 saturated carbocycles. The number of aromatic nitrogens is 1. The first-order valence-electron chi connectivity index (χ1n) is 3.14. The largest absolute Gasteiger partial charge is 0.395 e. The topological polar surface area (TPSA) is 103 Å². The Bertz CT molecular complexity index is 270. The molecule has 1 aromatic rings. The third-order valence-electron chi connectivity index (χ3n) is 1.42. The molecule has 0 radical (unpaired) electrons. The molecule has 60 valence electrons. The van der Waals surface area contributed by atoms with E-state index < -0.39 is 0 Å². The normalized spacial score (nSPS) is 9.64. The molecule has 0 unspecified atom stereocenters. The fraction of sp³-hybridized carbons (Fsp3) is 0.167. The van der Waals surface area contributed by atoms with Gasteiger partial charge < -0.3 is 16.9 Å². The maximum atomic E-state index is 5.60. The van der Waals surface area contributed by atoms with Crippen molar-refractivity contribution < 1.29 is 0 Å². The number of nitrogens with two attached hydrogens (primary N) is 3. The second kappa shape index (κ2) is 2.63. The van der Waals surface area contributed by atoms with Crippen LogP contribution < -0.4 is 22.7 Å². The molecule has 0 aliphatic rings. The number of hydrazine groups is 1.